The van der Waals surface area contributed by atoms with Gasteiger partial charge in [0, 0.05) is 81.6 Å². The number of rotatable bonds is 7. The van der Waals surface area contributed by atoms with Crippen LogP contribution in [0.4, 0.5) is 0 Å². The summed E-state index contributed by atoms with van der Waals surface area (Å²) in [5.41, 5.74) is 19.9. The van der Waals surface area contributed by atoms with Crippen LogP contribution in [-0.4, -0.2) is 58.3 Å². The summed E-state index contributed by atoms with van der Waals surface area (Å²) in [5, 5.41) is 18.5. The Bertz CT molecular complexity index is 5550. The third-order valence-electron chi connectivity index (χ3n) is 18.1. The van der Waals surface area contributed by atoms with Crippen molar-refractivity contribution in [2.24, 2.45) is 3.60 Å². The van der Waals surface area contributed by atoms with Crippen molar-refractivity contribution in [2.45, 2.75) is 112 Å². The Labute approximate surface area is 630 Å². The van der Waals surface area contributed by atoms with Crippen LogP contribution in [0.15, 0.2) is 258 Å². The number of hydrogen-bond acceptors (Lipinski definition) is 7. The largest absolute Gasteiger partial charge is 2.00 e. The van der Waals surface area contributed by atoms with Gasteiger partial charge >= 0.3 is 76.0 Å². The maximum absolute atomic E-state index is 4.87. The second-order valence-electron chi connectivity index (χ2n) is 29.3. The van der Waals surface area contributed by atoms with Gasteiger partial charge in [0.05, 0.1) is 27.8 Å². The Morgan fingerprint density at radius 2 is 0.765 bits per heavy atom. The van der Waals surface area contributed by atoms with Crippen LogP contribution in [0.1, 0.15) is 107 Å². The summed E-state index contributed by atoms with van der Waals surface area (Å²) >= 11 is 5.26. The normalized spacial score (nSPS) is 11.9. The van der Waals surface area contributed by atoms with E-state index in [4.69, 9.17) is 9.97 Å². The van der Waals surface area contributed by atoms with Gasteiger partial charge in [-0.1, -0.05) is 171 Å². The van der Waals surface area contributed by atoms with E-state index >= 15 is 0 Å². The summed E-state index contributed by atoms with van der Waals surface area (Å²) in [6.45, 7) is 26.2. The van der Waals surface area contributed by atoms with Gasteiger partial charge in [0.1, 0.15) is 16.2 Å². The predicted octanol–water partition coefficient (Wildman–Crippen LogP) is 21.9. The molecule has 0 spiro atoms. The summed E-state index contributed by atoms with van der Waals surface area (Å²) in [6, 6.07) is 80.5. The molecule has 0 fully saturated rings. The molecule has 102 heavy (non-hydrogen) atoms. The van der Waals surface area contributed by atoms with Gasteiger partial charge in [-0.3, -0.25) is 9.25 Å². The van der Waals surface area contributed by atoms with Crippen molar-refractivity contribution in [2.75, 3.05) is 0 Å². The zero-order valence-corrected chi connectivity index (χ0v) is 64.7. The van der Waals surface area contributed by atoms with Crippen molar-refractivity contribution in [3.05, 3.63) is 283 Å². The second kappa shape index (κ2) is 29.1. The number of fused-ring (bicyclic) bond motifs is 12. The molecular weight excluding hydrogens is 1690 g/mol. The van der Waals surface area contributed by atoms with Crippen molar-refractivity contribution in [3.63, 3.8) is 0 Å². The molecule has 0 aliphatic heterocycles. The van der Waals surface area contributed by atoms with E-state index in [2.05, 4.69) is 342 Å². The zero-order valence-electron chi connectivity index (χ0n) is 58.5. The molecule has 9 aromatic heterocycles. The van der Waals surface area contributed by atoms with E-state index < -0.39 is 0 Å². The van der Waals surface area contributed by atoms with E-state index in [-0.39, 0.29) is 50.3 Å². The van der Waals surface area contributed by atoms with Gasteiger partial charge in [-0.2, -0.15) is 22.3 Å². The maximum atomic E-state index is 4.87. The quantitative estimate of drug-likeness (QED) is 0.0965. The molecular formula is C86H82BrN13Pt2. The van der Waals surface area contributed by atoms with Crippen LogP contribution in [-0.2, 0) is 56.9 Å². The van der Waals surface area contributed by atoms with Crippen LogP contribution in [0.2, 0.25) is 0 Å². The Hall–Kier alpha value is -9.55. The Morgan fingerprint density at radius 3 is 1.25 bits per heavy atom. The molecule has 0 saturated heterocycles. The molecule has 0 aliphatic rings. The number of hydrogen-bond donors (Lipinski definition) is 1. The molecule has 16 heteroatoms. The van der Waals surface area contributed by atoms with E-state index in [1.54, 1.807) is 6.20 Å². The molecule has 1 N–H and O–H groups in total. The van der Waals surface area contributed by atoms with Crippen LogP contribution in [0.3, 0.4) is 0 Å². The van der Waals surface area contributed by atoms with Gasteiger partial charge in [-0.25, -0.2) is 19.6 Å². The van der Waals surface area contributed by atoms with Crippen LogP contribution >= 0.6 is 15.9 Å². The molecule has 0 unspecified atom stereocenters. The van der Waals surface area contributed by atoms with E-state index in [0.717, 1.165) is 88.4 Å². The first-order valence-electron chi connectivity index (χ1n) is 33.6. The van der Waals surface area contributed by atoms with E-state index in [9.17, 15) is 0 Å². The molecule has 17 rings (SSSR count). The van der Waals surface area contributed by atoms with Gasteiger partial charge in [-0.15, -0.1) is 35.0 Å². The minimum Gasteiger partial charge on any atom is -0.358 e. The third-order valence-corrected chi connectivity index (χ3v) is 18.8. The Balaban J connectivity index is 0.000000153. The summed E-state index contributed by atoms with van der Waals surface area (Å²) in [5.74, 6) is 1.83. The number of nitrogens with one attached hydrogen (secondary N) is 1. The first-order chi connectivity index (χ1) is 48.0. The van der Waals surface area contributed by atoms with Crippen molar-refractivity contribution in [1.29, 1.82) is 0 Å². The minimum atomic E-state index is 0. The zero-order chi connectivity index (χ0) is 69.8. The van der Waals surface area contributed by atoms with Crippen LogP contribution in [0, 0.1) is 12.1 Å². The van der Waals surface area contributed by atoms with Crippen LogP contribution in [0.5, 0.6) is 0 Å². The molecule has 0 bridgehead atoms. The van der Waals surface area contributed by atoms with Crippen molar-refractivity contribution in [3.8, 4) is 34.4 Å². The minimum absolute atomic E-state index is 0. The van der Waals surface area contributed by atoms with Crippen molar-refractivity contribution < 1.29 is 40.7 Å². The smallest absolute Gasteiger partial charge is 0.358 e. The number of pyridine rings is 3. The first-order valence-corrected chi connectivity index (χ1v) is 35.4. The predicted molar refractivity (Wildman–Crippen MR) is 418 cm³/mol. The van der Waals surface area contributed by atoms with E-state index in [1.165, 1.54) is 54.5 Å². The number of nitrogens with zero attached hydrogens (tertiary/aromatic N) is 12. The summed E-state index contributed by atoms with van der Waals surface area (Å²) < 4.78 is 17.6. The maximum Gasteiger partial charge on any atom is 2.00 e. The fourth-order valence-electron chi connectivity index (χ4n) is 13.1. The number of para-hydroxylation sites is 4. The topological polar surface area (TPSA) is 118 Å². The number of aromatic nitrogens is 11. The fraction of sp³-hybridized carbons (Fsp3) is 0.198. The number of benzene rings is 8. The molecule has 17 aromatic rings. The molecule has 518 valence electrons. The molecule has 0 saturated carbocycles. The molecule has 8 aromatic carbocycles. The standard InChI is InChI=1S/C36H29N5.C36H27N5.C9H12BrN.C4H10N2.CH4.2Pt/c2*1-36(2,3)24-17-19-37-35(21-24)41-32-12-7-5-10-28(32)30-16-14-26(23-34(30)41)40-31-11-6-4-9-27(31)29-15-13-25(22-33(29)40)39-20-8-18-38-39;1-9(2,3)7-4-5-11-8(10)6-7;1-4(2,3)6-5;;;/h4-23H,1-3H3;4-21H,1-3H3;4-6H,1-3H3;6H,1-3H3;1H4;;/q;-2;;;;;+2. The van der Waals surface area contributed by atoms with Crippen LogP contribution in [0.25, 0.3) is 122 Å². The molecule has 13 nitrogen and oxygen atoms in total. The van der Waals surface area contributed by atoms with Crippen molar-refractivity contribution >= 4 is 103 Å². The number of halogens is 1. The van der Waals surface area contributed by atoms with E-state index in [0.29, 0.717) is 0 Å². The molecule has 0 atom stereocenters. The van der Waals surface area contributed by atoms with Crippen molar-refractivity contribution in [1.82, 2.24) is 58.2 Å². The summed E-state index contributed by atoms with van der Waals surface area (Å²) in [4.78, 5) is 13.8. The second-order valence-corrected chi connectivity index (χ2v) is 30.6. The van der Waals surface area contributed by atoms with Gasteiger partial charge in [0.15, 0.2) is 0 Å². The third kappa shape index (κ3) is 14.4. The molecule has 0 radical (unpaired) electrons. The average molecular weight is 1770 g/mol. The SMILES string of the molecule is C.CC(C)(C)N[N]=[Pt].CC(C)(C)c1ccnc(-n2c3[c-]c(-n4c5[c-]c(-n6cccn6)ccc5c5ccccc54)ccc3c3ccccc32)c1.CC(C)(C)c1ccnc(-n2c3ccccc3c3ccc(-n4c5ccccc5c5ccc(-n6cccn6)cc54)cc32)c1.CC(C)(C)c1ccnc(Br)c1.[Pt+2]. The average Bonchev–Trinajstić information content (AvgIpc) is 1.58. The van der Waals surface area contributed by atoms with E-state index in [1.807, 2.05) is 84.4 Å². The fourth-order valence-corrected chi connectivity index (χ4v) is 14.2. The molecule has 0 aliphatic carbocycles. The van der Waals surface area contributed by atoms with Gasteiger partial charge in [0.25, 0.3) is 0 Å². The van der Waals surface area contributed by atoms with Gasteiger partial charge < -0.3 is 13.7 Å². The first kappa shape index (κ1) is 72.2. The Kier molecular flexibility index (Phi) is 20.6. The summed E-state index contributed by atoms with van der Waals surface area (Å²) in [7, 11) is 0. The monoisotopic (exact) mass is 1770 g/mol. The van der Waals surface area contributed by atoms with Gasteiger partial charge in [-0.05, 0) is 162 Å². The van der Waals surface area contributed by atoms with Crippen LogP contribution < -0.4 is 5.43 Å². The molecule has 0 amide bonds. The molecule has 9 heterocycles. The van der Waals surface area contributed by atoms with Gasteiger partial charge in [0.2, 0.25) is 0 Å². The Morgan fingerprint density at radius 1 is 0.373 bits per heavy atom. The summed E-state index contributed by atoms with van der Waals surface area (Å²) in [6.07, 6.45) is 13.2.